The van der Waals surface area contributed by atoms with Gasteiger partial charge in [-0.15, -0.1) is 0 Å². The molecule has 0 bridgehead atoms. The van der Waals surface area contributed by atoms with Crippen LogP contribution in [0.3, 0.4) is 0 Å². The predicted octanol–water partition coefficient (Wildman–Crippen LogP) is 2.62. The van der Waals surface area contributed by atoms with Crippen molar-refractivity contribution in [2.24, 2.45) is 0 Å². The van der Waals surface area contributed by atoms with Gasteiger partial charge in [-0.2, -0.15) is 0 Å². The molecule has 74 valence electrons. The molecule has 0 aliphatic rings. The third kappa shape index (κ3) is 9.92. The van der Waals surface area contributed by atoms with Crippen LogP contribution in [-0.2, 0) is 9.47 Å². The van der Waals surface area contributed by atoms with E-state index >= 15 is 0 Å². The van der Waals surface area contributed by atoms with Crippen molar-refractivity contribution in [2.45, 2.75) is 39.5 Å². The molecule has 12 heavy (non-hydrogen) atoms. The lowest BCUT2D eigenvalue weighted by atomic mass is 10.3. The highest BCUT2D eigenvalue weighted by Gasteiger charge is 1.88. The molecule has 0 spiro atoms. The van der Waals surface area contributed by atoms with Gasteiger partial charge >= 0.3 is 0 Å². The lowest BCUT2D eigenvalue weighted by Gasteiger charge is -2.03. The average molecular weight is 174 g/mol. The van der Waals surface area contributed by atoms with E-state index < -0.39 is 0 Å². The van der Waals surface area contributed by atoms with Gasteiger partial charge in [0.2, 0.25) is 0 Å². The molecule has 0 saturated heterocycles. The van der Waals surface area contributed by atoms with Crippen LogP contribution < -0.4 is 0 Å². The van der Waals surface area contributed by atoms with Crippen molar-refractivity contribution >= 4 is 0 Å². The molecule has 0 amide bonds. The van der Waals surface area contributed by atoms with Crippen molar-refractivity contribution in [3.05, 3.63) is 0 Å². The summed E-state index contributed by atoms with van der Waals surface area (Å²) in [5, 5.41) is 0. The van der Waals surface area contributed by atoms with E-state index in [0.717, 1.165) is 32.8 Å². The van der Waals surface area contributed by atoms with E-state index in [2.05, 4.69) is 13.8 Å². The molecule has 0 atom stereocenters. The third-order valence-corrected chi connectivity index (χ3v) is 1.61. The van der Waals surface area contributed by atoms with Gasteiger partial charge in [0.25, 0.3) is 0 Å². The number of hydrogen-bond donors (Lipinski definition) is 0. The van der Waals surface area contributed by atoms with Crippen LogP contribution in [0.15, 0.2) is 0 Å². The Balaban J connectivity index is 2.73. The quantitative estimate of drug-likeness (QED) is 0.500. The molecule has 0 unspecified atom stereocenters. The van der Waals surface area contributed by atoms with E-state index in [-0.39, 0.29) is 0 Å². The number of ether oxygens (including phenoxy) is 2. The van der Waals surface area contributed by atoms with Gasteiger partial charge in [-0.3, -0.25) is 0 Å². The topological polar surface area (TPSA) is 18.5 Å². The zero-order valence-electron chi connectivity index (χ0n) is 8.47. The van der Waals surface area contributed by atoms with Gasteiger partial charge < -0.3 is 9.47 Å². The molecule has 0 aromatic heterocycles. The van der Waals surface area contributed by atoms with Gasteiger partial charge in [0.1, 0.15) is 0 Å². The zero-order valence-corrected chi connectivity index (χ0v) is 8.47. The van der Waals surface area contributed by atoms with Crippen molar-refractivity contribution in [2.75, 3.05) is 26.4 Å². The van der Waals surface area contributed by atoms with Crippen LogP contribution in [0.5, 0.6) is 0 Å². The molecule has 0 N–H and O–H groups in total. The molecular formula is C10H22O2. The highest BCUT2D eigenvalue weighted by molar-refractivity contribution is 4.36. The molecule has 0 aliphatic heterocycles. The van der Waals surface area contributed by atoms with Gasteiger partial charge in [0.15, 0.2) is 0 Å². The van der Waals surface area contributed by atoms with E-state index in [1.807, 2.05) is 0 Å². The Hall–Kier alpha value is -0.0800. The molecule has 0 heterocycles. The summed E-state index contributed by atoms with van der Waals surface area (Å²) >= 11 is 0. The summed E-state index contributed by atoms with van der Waals surface area (Å²) in [5.74, 6) is 0. The van der Waals surface area contributed by atoms with Crippen LogP contribution in [0.4, 0.5) is 0 Å². The minimum Gasteiger partial charge on any atom is -0.379 e. The Kier molecular flexibility index (Phi) is 10.8. The second-order valence-corrected chi connectivity index (χ2v) is 2.93. The summed E-state index contributed by atoms with van der Waals surface area (Å²) in [6, 6.07) is 0. The molecule has 0 aromatic carbocycles. The first-order chi connectivity index (χ1) is 5.91. The first-order valence-corrected chi connectivity index (χ1v) is 5.07. The monoisotopic (exact) mass is 174 g/mol. The first-order valence-electron chi connectivity index (χ1n) is 5.07. The minimum atomic E-state index is 0.750. The SMILES string of the molecule is CCCCCOCCOCCC. The average Bonchev–Trinajstić information content (AvgIpc) is 2.10. The summed E-state index contributed by atoms with van der Waals surface area (Å²) in [7, 11) is 0. The van der Waals surface area contributed by atoms with E-state index in [9.17, 15) is 0 Å². The van der Waals surface area contributed by atoms with Crippen molar-refractivity contribution in [1.29, 1.82) is 0 Å². The highest BCUT2D eigenvalue weighted by atomic mass is 16.5. The fraction of sp³-hybridized carbons (Fsp3) is 1.00. The third-order valence-electron chi connectivity index (χ3n) is 1.61. The van der Waals surface area contributed by atoms with Crippen molar-refractivity contribution in [1.82, 2.24) is 0 Å². The molecule has 0 radical (unpaired) electrons. The summed E-state index contributed by atoms with van der Waals surface area (Å²) < 4.78 is 10.6. The highest BCUT2D eigenvalue weighted by Crippen LogP contribution is 1.93. The Bertz CT molecular complexity index is 64.2. The molecule has 0 saturated carbocycles. The van der Waals surface area contributed by atoms with Crippen molar-refractivity contribution < 1.29 is 9.47 Å². The predicted molar refractivity (Wildman–Crippen MR) is 51.5 cm³/mol. The Morgan fingerprint density at radius 2 is 1.33 bits per heavy atom. The number of hydrogen-bond acceptors (Lipinski definition) is 2. The fourth-order valence-corrected chi connectivity index (χ4v) is 0.920. The maximum Gasteiger partial charge on any atom is 0.0700 e. The molecule has 0 rings (SSSR count). The van der Waals surface area contributed by atoms with Crippen LogP contribution >= 0.6 is 0 Å². The van der Waals surface area contributed by atoms with Crippen LogP contribution in [0, 0.1) is 0 Å². The first kappa shape index (κ1) is 11.9. The Labute approximate surface area is 76.3 Å². The van der Waals surface area contributed by atoms with Gasteiger partial charge in [0, 0.05) is 13.2 Å². The van der Waals surface area contributed by atoms with Crippen LogP contribution in [0.1, 0.15) is 39.5 Å². The lowest BCUT2D eigenvalue weighted by molar-refractivity contribution is 0.0466. The summed E-state index contributed by atoms with van der Waals surface area (Å²) in [6.07, 6.45) is 4.81. The maximum atomic E-state index is 5.36. The van der Waals surface area contributed by atoms with Crippen LogP contribution in [0.25, 0.3) is 0 Å². The molecular weight excluding hydrogens is 152 g/mol. The van der Waals surface area contributed by atoms with E-state index in [4.69, 9.17) is 9.47 Å². The van der Waals surface area contributed by atoms with Gasteiger partial charge in [-0.1, -0.05) is 26.7 Å². The Morgan fingerprint density at radius 3 is 1.92 bits per heavy atom. The number of rotatable bonds is 9. The zero-order chi connectivity index (χ0) is 9.07. The van der Waals surface area contributed by atoms with E-state index in [1.165, 1.54) is 19.3 Å². The lowest BCUT2D eigenvalue weighted by Crippen LogP contribution is -2.05. The van der Waals surface area contributed by atoms with Gasteiger partial charge in [-0.25, -0.2) is 0 Å². The molecule has 0 fully saturated rings. The normalized spacial score (nSPS) is 10.5. The van der Waals surface area contributed by atoms with E-state index in [0.29, 0.717) is 0 Å². The molecule has 2 nitrogen and oxygen atoms in total. The minimum absolute atomic E-state index is 0.750. The second kappa shape index (κ2) is 10.9. The van der Waals surface area contributed by atoms with Crippen LogP contribution in [0.2, 0.25) is 0 Å². The van der Waals surface area contributed by atoms with Crippen molar-refractivity contribution in [3.8, 4) is 0 Å². The largest absolute Gasteiger partial charge is 0.379 e. The maximum absolute atomic E-state index is 5.36. The Morgan fingerprint density at radius 1 is 0.667 bits per heavy atom. The fourth-order valence-electron chi connectivity index (χ4n) is 0.920. The van der Waals surface area contributed by atoms with Crippen molar-refractivity contribution in [3.63, 3.8) is 0 Å². The molecule has 0 aromatic rings. The van der Waals surface area contributed by atoms with Crippen LogP contribution in [-0.4, -0.2) is 26.4 Å². The van der Waals surface area contributed by atoms with Gasteiger partial charge in [-0.05, 0) is 12.8 Å². The van der Waals surface area contributed by atoms with Gasteiger partial charge in [0.05, 0.1) is 13.2 Å². The van der Waals surface area contributed by atoms with E-state index in [1.54, 1.807) is 0 Å². The molecule has 2 heteroatoms. The molecule has 0 aliphatic carbocycles. The smallest absolute Gasteiger partial charge is 0.0700 e. The number of unbranched alkanes of at least 4 members (excludes halogenated alkanes) is 2. The summed E-state index contributed by atoms with van der Waals surface area (Å²) in [6.45, 7) is 7.57. The summed E-state index contributed by atoms with van der Waals surface area (Å²) in [5.41, 5.74) is 0. The standard InChI is InChI=1S/C10H22O2/c1-3-5-6-8-12-10-9-11-7-4-2/h3-10H2,1-2H3. The summed E-state index contributed by atoms with van der Waals surface area (Å²) in [4.78, 5) is 0. The second-order valence-electron chi connectivity index (χ2n) is 2.93.